The molecule has 2 nitrogen and oxygen atoms in total. The summed E-state index contributed by atoms with van der Waals surface area (Å²) in [5, 5.41) is 3.09. The number of aryl methyl sites for hydroxylation is 1. The number of hydrogen-bond acceptors (Lipinski definition) is 3. The molecule has 0 unspecified atom stereocenters. The molecule has 0 aliphatic rings. The van der Waals surface area contributed by atoms with Crippen LogP contribution in [0.5, 0.6) is 0 Å². The van der Waals surface area contributed by atoms with E-state index in [-0.39, 0.29) is 12.4 Å². The fourth-order valence-electron chi connectivity index (χ4n) is 0.976. The Morgan fingerprint density at radius 1 is 1.38 bits per heavy atom. The van der Waals surface area contributed by atoms with Crippen LogP contribution in [0, 0.1) is 6.92 Å². The summed E-state index contributed by atoms with van der Waals surface area (Å²) >= 11 is 1.65. The van der Waals surface area contributed by atoms with Gasteiger partial charge in [0.25, 0.3) is 0 Å². The van der Waals surface area contributed by atoms with Crippen LogP contribution in [-0.4, -0.2) is 9.97 Å². The molecule has 0 aromatic carbocycles. The summed E-state index contributed by atoms with van der Waals surface area (Å²) in [6.45, 7) is 2.00. The van der Waals surface area contributed by atoms with E-state index < -0.39 is 0 Å². The normalized spacial score (nSPS) is 9.31. The first kappa shape index (κ1) is 10.2. The monoisotopic (exact) mass is 212 g/mol. The molecule has 0 bridgehead atoms. The van der Waals surface area contributed by atoms with Crippen molar-refractivity contribution in [3.63, 3.8) is 0 Å². The Kier molecular flexibility index (Phi) is 3.39. The van der Waals surface area contributed by atoms with Crippen LogP contribution in [0.2, 0.25) is 0 Å². The third kappa shape index (κ3) is 2.26. The van der Waals surface area contributed by atoms with Gasteiger partial charge in [-0.25, -0.2) is 4.98 Å². The lowest BCUT2D eigenvalue weighted by molar-refractivity contribution is 1.25. The fourth-order valence-corrected chi connectivity index (χ4v) is 1.76. The van der Waals surface area contributed by atoms with Crippen molar-refractivity contribution < 1.29 is 0 Å². The smallest absolute Gasteiger partial charge is 0.125 e. The zero-order chi connectivity index (χ0) is 8.39. The summed E-state index contributed by atoms with van der Waals surface area (Å²) in [4.78, 5) is 8.40. The van der Waals surface area contributed by atoms with E-state index in [2.05, 4.69) is 9.97 Å². The molecule has 2 aromatic rings. The molecule has 2 rings (SSSR count). The van der Waals surface area contributed by atoms with Crippen LogP contribution in [0.15, 0.2) is 29.9 Å². The minimum Gasteiger partial charge on any atom is -0.264 e. The Labute approximate surface area is 87.1 Å². The molecule has 0 saturated carbocycles. The largest absolute Gasteiger partial charge is 0.264 e. The first-order valence-electron chi connectivity index (χ1n) is 3.69. The fraction of sp³-hybridized carbons (Fsp3) is 0.111. The number of rotatable bonds is 1. The summed E-state index contributed by atoms with van der Waals surface area (Å²) in [6.07, 6.45) is 3.60. The SMILES string of the molecule is Cc1csc(-c2cccnc2)n1.Cl. The van der Waals surface area contributed by atoms with Crippen LogP contribution >= 0.6 is 23.7 Å². The molecule has 0 spiro atoms. The van der Waals surface area contributed by atoms with E-state index in [1.807, 2.05) is 30.6 Å². The highest BCUT2D eigenvalue weighted by Crippen LogP contribution is 2.21. The maximum absolute atomic E-state index is 4.36. The molecule has 13 heavy (non-hydrogen) atoms. The molecular formula is C9H9ClN2S. The second kappa shape index (κ2) is 4.35. The van der Waals surface area contributed by atoms with Gasteiger partial charge in [-0.2, -0.15) is 0 Å². The number of hydrogen-bond donors (Lipinski definition) is 0. The van der Waals surface area contributed by atoms with E-state index in [9.17, 15) is 0 Å². The summed E-state index contributed by atoms with van der Waals surface area (Å²) in [6, 6.07) is 3.94. The highest BCUT2D eigenvalue weighted by atomic mass is 35.5. The Hall–Kier alpha value is -0.930. The van der Waals surface area contributed by atoms with Gasteiger partial charge in [0.15, 0.2) is 0 Å². The summed E-state index contributed by atoms with van der Waals surface area (Å²) in [5.74, 6) is 0. The van der Waals surface area contributed by atoms with Crippen molar-refractivity contribution in [3.8, 4) is 10.6 Å². The van der Waals surface area contributed by atoms with Gasteiger partial charge in [0, 0.05) is 29.0 Å². The number of halogens is 1. The molecule has 4 heteroatoms. The molecule has 0 fully saturated rings. The number of pyridine rings is 1. The van der Waals surface area contributed by atoms with Crippen molar-refractivity contribution in [2.75, 3.05) is 0 Å². The predicted octanol–water partition coefficient (Wildman–Crippen LogP) is 2.94. The first-order chi connectivity index (χ1) is 5.86. The van der Waals surface area contributed by atoms with Crippen molar-refractivity contribution >= 4 is 23.7 Å². The van der Waals surface area contributed by atoms with Crippen LogP contribution in [0.1, 0.15) is 5.69 Å². The van der Waals surface area contributed by atoms with E-state index in [1.54, 1.807) is 17.5 Å². The van der Waals surface area contributed by atoms with Crippen LogP contribution in [0.25, 0.3) is 10.6 Å². The summed E-state index contributed by atoms with van der Waals surface area (Å²) in [7, 11) is 0. The molecule has 2 heterocycles. The van der Waals surface area contributed by atoms with E-state index in [1.165, 1.54) is 0 Å². The highest BCUT2D eigenvalue weighted by Gasteiger charge is 2.00. The van der Waals surface area contributed by atoms with Crippen molar-refractivity contribution in [1.82, 2.24) is 9.97 Å². The average Bonchev–Trinajstić information content (AvgIpc) is 2.54. The van der Waals surface area contributed by atoms with Crippen molar-refractivity contribution in [3.05, 3.63) is 35.6 Å². The molecule has 2 aromatic heterocycles. The van der Waals surface area contributed by atoms with Gasteiger partial charge in [0.05, 0.1) is 0 Å². The average molecular weight is 213 g/mol. The number of aromatic nitrogens is 2. The molecular weight excluding hydrogens is 204 g/mol. The topological polar surface area (TPSA) is 25.8 Å². The lowest BCUT2D eigenvalue weighted by Gasteiger charge is -1.91. The zero-order valence-corrected chi connectivity index (χ0v) is 8.73. The maximum Gasteiger partial charge on any atom is 0.125 e. The van der Waals surface area contributed by atoms with Gasteiger partial charge in [0.1, 0.15) is 5.01 Å². The van der Waals surface area contributed by atoms with Crippen LogP contribution < -0.4 is 0 Å². The van der Waals surface area contributed by atoms with Gasteiger partial charge in [-0.1, -0.05) is 0 Å². The van der Waals surface area contributed by atoms with E-state index in [0.29, 0.717) is 0 Å². The number of nitrogens with zero attached hydrogens (tertiary/aromatic N) is 2. The first-order valence-corrected chi connectivity index (χ1v) is 4.57. The van der Waals surface area contributed by atoms with Gasteiger partial charge >= 0.3 is 0 Å². The zero-order valence-electron chi connectivity index (χ0n) is 7.10. The Morgan fingerprint density at radius 3 is 2.77 bits per heavy atom. The van der Waals surface area contributed by atoms with Crippen LogP contribution in [-0.2, 0) is 0 Å². The van der Waals surface area contributed by atoms with Gasteiger partial charge in [0.2, 0.25) is 0 Å². The molecule has 0 N–H and O–H groups in total. The minimum atomic E-state index is 0. The van der Waals surface area contributed by atoms with Crippen molar-refractivity contribution in [2.45, 2.75) is 6.92 Å². The Bertz CT molecular complexity index is 372. The quantitative estimate of drug-likeness (QED) is 0.727. The van der Waals surface area contributed by atoms with E-state index >= 15 is 0 Å². The van der Waals surface area contributed by atoms with Crippen LogP contribution in [0.3, 0.4) is 0 Å². The molecule has 0 amide bonds. The summed E-state index contributed by atoms with van der Waals surface area (Å²) < 4.78 is 0. The maximum atomic E-state index is 4.36. The molecule has 0 aliphatic heterocycles. The number of thiazole rings is 1. The van der Waals surface area contributed by atoms with Gasteiger partial charge in [-0.3, -0.25) is 4.98 Å². The predicted molar refractivity (Wildman–Crippen MR) is 57.3 cm³/mol. The van der Waals surface area contributed by atoms with Gasteiger partial charge < -0.3 is 0 Å². The van der Waals surface area contributed by atoms with Gasteiger partial charge in [-0.05, 0) is 19.1 Å². The van der Waals surface area contributed by atoms with Crippen molar-refractivity contribution in [1.29, 1.82) is 0 Å². The van der Waals surface area contributed by atoms with Gasteiger partial charge in [-0.15, -0.1) is 23.7 Å². The second-order valence-electron chi connectivity index (χ2n) is 2.54. The van der Waals surface area contributed by atoms with Crippen LogP contribution in [0.4, 0.5) is 0 Å². The lowest BCUT2D eigenvalue weighted by atomic mass is 10.3. The molecule has 0 aliphatic carbocycles. The third-order valence-corrected chi connectivity index (χ3v) is 2.54. The molecule has 0 radical (unpaired) electrons. The second-order valence-corrected chi connectivity index (χ2v) is 3.39. The standard InChI is InChI=1S/C9H8N2S.ClH/c1-7-6-12-9(11-7)8-3-2-4-10-5-8;/h2-6H,1H3;1H. The molecule has 68 valence electrons. The van der Waals surface area contributed by atoms with Crippen molar-refractivity contribution in [2.24, 2.45) is 0 Å². The third-order valence-electron chi connectivity index (χ3n) is 1.53. The lowest BCUT2D eigenvalue weighted by Crippen LogP contribution is -1.77. The van der Waals surface area contributed by atoms with E-state index in [4.69, 9.17) is 0 Å². The molecule has 0 atom stereocenters. The summed E-state index contributed by atoms with van der Waals surface area (Å²) in [5.41, 5.74) is 2.16. The highest BCUT2D eigenvalue weighted by molar-refractivity contribution is 7.13. The Balaban J connectivity index is 0.000000845. The Morgan fingerprint density at radius 2 is 2.23 bits per heavy atom. The molecule has 0 saturated heterocycles. The van der Waals surface area contributed by atoms with E-state index in [0.717, 1.165) is 16.3 Å². The minimum absolute atomic E-state index is 0.